The zero-order chi connectivity index (χ0) is 14.8. The van der Waals surface area contributed by atoms with Crippen LogP contribution in [-0.4, -0.2) is 26.8 Å². The number of para-hydroxylation sites is 1. The first-order chi connectivity index (χ1) is 10.1. The van der Waals surface area contributed by atoms with Crippen LogP contribution in [0, 0.1) is 6.92 Å². The van der Waals surface area contributed by atoms with Gasteiger partial charge in [-0.2, -0.15) is 13.9 Å². The van der Waals surface area contributed by atoms with Crippen LogP contribution in [0.2, 0.25) is 0 Å². The number of nitrogens with zero attached hydrogens (tertiary/aromatic N) is 3. The number of aromatic nitrogens is 4. The number of aromatic amines is 1. The third kappa shape index (κ3) is 2.73. The van der Waals surface area contributed by atoms with E-state index in [9.17, 15) is 8.78 Å². The number of hydrogen-bond acceptors (Lipinski definition) is 5. The number of fused-ring (bicyclic) bond motifs is 1. The normalized spacial score (nSPS) is 11.0. The molecule has 0 unspecified atom stereocenters. The molecule has 21 heavy (non-hydrogen) atoms. The van der Waals surface area contributed by atoms with Crippen molar-refractivity contribution in [2.24, 2.45) is 0 Å². The smallest absolute Gasteiger partial charge is 0.387 e. The van der Waals surface area contributed by atoms with Gasteiger partial charge in [-0.05, 0) is 19.1 Å². The molecule has 0 amide bonds. The Kier molecular flexibility index (Phi) is 3.35. The maximum atomic E-state index is 12.4. The van der Waals surface area contributed by atoms with Gasteiger partial charge in [0, 0.05) is 5.39 Å². The van der Waals surface area contributed by atoms with E-state index in [1.807, 2.05) is 24.3 Å². The van der Waals surface area contributed by atoms with Gasteiger partial charge in [-0.1, -0.05) is 12.1 Å². The lowest BCUT2D eigenvalue weighted by molar-refractivity contribution is -0.0497. The van der Waals surface area contributed by atoms with Crippen LogP contribution in [-0.2, 0) is 0 Å². The van der Waals surface area contributed by atoms with Crippen molar-refractivity contribution in [1.29, 1.82) is 0 Å². The minimum Gasteiger partial charge on any atom is -0.429 e. The van der Waals surface area contributed by atoms with Crippen molar-refractivity contribution in [2.75, 3.05) is 5.32 Å². The first-order valence-electron chi connectivity index (χ1n) is 6.12. The van der Waals surface area contributed by atoms with Gasteiger partial charge in [0.1, 0.15) is 5.82 Å². The number of benzene rings is 1. The standard InChI is InChI=1S/C13H11F2N5O/c1-7-16-6-10(21-13(14)15)12(17-7)18-11-8-4-2-3-5-9(8)19-20-11/h2-6,13H,1H3,(H2,16,17,18,19,20). The monoisotopic (exact) mass is 291 g/mol. The predicted octanol–water partition coefficient (Wildman–Crippen LogP) is 3.01. The summed E-state index contributed by atoms with van der Waals surface area (Å²) in [6.45, 7) is -1.30. The molecule has 108 valence electrons. The molecule has 2 aromatic heterocycles. The summed E-state index contributed by atoms with van der Waals surface area (Å²) in [5.74, 6) is 0.907. The summed E-state index contributed by atoms with van der Waals surface area (Å²) in [7, 11) is 0. The maximum Gasteiger partial charge on any atom is 0.387 e. The molecule has 6 nitrogen and oxygen atoms in total. The first-order valence-corrected chi connectivity index (χ1v) is 6.12. The quantitative estimate of drug-likeness (QED) is 0.772. The van der Waals surface area contributed by atoms with Crippen LogP contribution < -0.4 is 10.1 Å². The molecule has 2 heterocycles. The van der Waals surface area contributed by atoms with Crippen LogP contribution in [0.3, 0.4) is 0 Å². The molecule has 0 spiro atoms. The minimum atomic E-state index is -2.95. The van der Waals surface area contributed by atoms with Crippen molar-refractivity contribution >= 4 is 22.5 Å². The Labute approximate surface area is 118 Å². The number of anilines is 2. The molecule has 0 bridgehead atoms. The number of H-pyrrole nitrogens is 1. The van der Waals surface area contributed by atoms with Gasteiger partial charge < -0.3 is 10.1 Å². The number of rotatable bonds is 4. The number of ether oxygens (including phenoxy) is 1. The summed E-state index contributed by atoms with van der Waals surface area (Å²) in [6.07, 6.45) is 1.20. The van der Waals surface area contributed by atoms with Gasteiger partial charge in [0.05, 0.1) is 11.7 Å². The van der Waals surface area contributed by atoms with Gasteiger partial charge in [0.25, 0.3) is 0 Å². The Bertz CT molecular complexity index is 774. The number of aryl methyl sites for hydroxylation is 1. The van der Waals surface area contributed by atoms with Crippen LogP contribution in [0.5, 0.6) is 5.75 Å². The van der Waals surface area contributed by atoms with Crippen molar-refractivity contribution in [3.05, 3.63) is 36.3 Å². The summed E-state index contributed by atoms with van der Waals surface area (Å²) < 4.78 is 29.2. The fraction of sp³-hybridized carbons (Fsp3) is 0.154. The van der Waals surface area contributed by atoms with Crippen LogP contribution in [0.4, 0.5) is 20.4 Å². The number of alkyl halides is 2. The molecule has 8 heteroatoms. The van der Waals surface area contributed by atoms with Gasteiger partial charge >= 0.3 is 6.61 Å². The summed E-state index contributed by atoms with van der Waals surface area (Å²) >= 11 is 0. The van der Waals surface area contributed by atoms with Crippen molar-refractivity contribution < 1.29 is 13.5 Å². The molecule has 0 aliphatic heterocycles. The molecule has 2 N–H and O–H groups in total. The van der Waals surface area contributed by atoms with Crippen molar-refractivity contribution in [2.45, 2.75) is 13.5 Å². The molecule has 0 fully saturated rings. The van der Waals surface area contributed by atoms with E-state index in [1.54, 1.807) is 6.92 Å². The third-order valence-electron chi connectivity index (χ3n) is 2.80. The van der Waals surface area contributed by atoms with Gasteiger partial charge in [0.2, 0.25) is 0 Å². The average molecular weight is 291 g/mol. The van der Waals surface area contributed by atoms with Crippen LogP contribution in [0.15, 0.2) is 30.5 Å². The molecule has 0 aliphatic carbocycles. The summed E-state index contributed by atoms with van der Waals surface area (Å²) in [4.78, 5) is 7.92. The summed E-state index contributed by atoms with van der Waals surface area (Å²) in [6, 6.07) is 7.42. The topological polar surface area (TPSA) is 75.7 Å². The third-order valence-corrected chi connectivity index (χ3v) is 2.80. The van der Waals surface area contributed by atoms with E-state index in [0.29, 0.717) is 11.6 Å². The van der Waals surface area contributed by atoms with Crippen LogP contribution in [0.25, 0.3) is 10.9 Å². The fourth-order valence-electron chi connectivity index (χ4n) is 1.90. The second-order valence-electron chi connectivity index (χ2n) is 4.25. The largest absolute Gasteiger partial charge is 0.429 e. The van der Waals surface area contributed by atoms with E-state index in [4.69, 9.17) is 0 Å². The number of halogens is 2. The summed E-state index contributed by atoms with van der Waals surface area (Å²) in [5, 5.41) is 10.6. The predicted molar refractivity (Wildman–Crippen MR) is 72.8 cm³/mol. The maximum absolute atomic E-state index is 12.4. The highest BCUT2D eigenvalue weighted by molar-refractivity contribution is 5.91. The van der Waals surface area contributed by atoms with E-state index >= 15 is 0 Å². The molecule has 0 saturated carbocycles. The Balaban J connectivity index is 1.98. The van der Waals surface area contributed by atoms with E-state index in [1.165, 1.54) is 6.20 Å². The molecule has 0 aliphatic rings. The summed E-state index contributed by atoms with van der Waals surface area (Å²) in [5.41, 5.74) is 0.821. The van der Waals surface area contributed by atoms with E-state index in [-0.39, 0.29) is 11.6 Å². The molecule has 3 rings (SSSR count). The molecular weight excluding hydrogens is 280 g/mol. The SMILES string of the molecule is Cc1ncc(OC(F)F)c(Nc2n[nH]c3ccccc23)n1. The van der Waals surface area contributed by atoms with E-state index < -0.39 is 6.61 Å². The minimum absolute atomic E-state index is 0.136. The van der Waals surface area contributed by atoms with Crippen molar-refractivity contribution in [3.63, 3.8) is 0 Å². The highest BCUT2D eigenvalue weighted by atomic mass is 19.3. The van der Waals surface area contributed by atoms with Gasteiger partial charge in [-0.15, -0.1) is 0 Å². The zero-order valence-corrected chi connectivity index (χ0v) is 11.0. The Morgan fingerprint density at radius 3 is 2.86 bits per heavy atom. The number of hydrogen-bond donors (Lipinski definition) is 2. The van der Waals surface area contributed by atoms with Gasteiger partial charge in [0.15, 0.2) is 17.4 Å². The highest BCUT2D eigenvalue weighted by Gasteiger charge is 2.14. The lowest BCUT2D eigenvalue weighted by Gasteiger charge is -2.10. The van der Waals surface area contributed by atoms with Crippen LogP contribution >= 0.6 is 0 Å². The first kappa shape index (κ1) is 13.2. The van der Waals surface area contributed by atoms with Gasteiger partial charge in [-0.25, -0.2) is 9.97 Å². The molecule has 0 saturated heterocycles. The molecule has 0 atom stereocenters. The fourth-order valence-corrected chi connectivity index (χ4v) is 1.90. The molecule has 0 radical (unpaired) electrons. The Morgan fingerprint density at radius 1 is 1.24 bits per heavy atom. The second-order valence-corrected chi connectivity index (χ2v) is 4.25. The Hall–Kier alpha value is -2.77. The van der Waals surface area contributed by atoms with Gasteiger partial charge in [-0.3, -0.25) is 5.10 Å². The van der Waals surface area contributed by atoms with Crippen molar-refractivity contribution in [3.8, 4) is 5.75 Å². The van der Waals surface area contributed by atoms with E-state index in [2.05, 4.69) is 30.2 Å². The number of nitrogens with one attached hydrogen (secondary N) is 2. The lowest BCUT2D eigenvalue weighted by atomic mass is 10.2. The average Bonchev–Trinajstić information content (AvgIpc) is 2.85. The van der Waals surface area contributed by atoms with Crippen molar-refractivity contribution in [1.82, 2.24) is 20.2 Å². The second kappa shape index (κ2) is 5.31. The highest BCUT2D eigenvalue weighted by Crippen LogP contribution is 2.28. The zero-order valence-electron chi connectivity index (χ0n) is 11.0. The van der Waals surface area contributed by atoms with Crippen LogP contribution in [0.1, 0.15) is 5.82 Å². The molecule has 1 aromatic carbocycles. The Morgan fingerprint density at radius 2 is 2.05 bits per heavy atom. The molecular formula is C13H11F2N5O. The lowest BCUT2D eigenvalue weighted by Crippen LogP contribution is -2.07. The molecule has 3 aromatic rings. The van der Waals surface area contributed by atoms with E-state index in [0.717, 1.165) is 10.9 Å².